The molecular weight excluding hydrogens is 384 g/mol. The van der Waals surface area contributed by atoms with Crippen LogP contribution in [-0.4, -0.2) is 27.4 Å². The first kappa shape index (κ1) is 19.0. The number of aromatic nitrogens is 3. The van der Waals surface area contributed by atoms with Gasteiger partial charge in [0, 0.05) is 5.75 Å². The molecule has 0 aliphatic carbocycles. The number of carbonyl (C=O) groups is 1. The van der Waals surface area contributed by atoms with Crippen molar-refractivity contribution in [2.75, 3.05) is 12.0 Å². The molecule has 0 saturated carbocycles. The number of ether oxygens (including phenoxy) is 1. The van der Waals surface area contributed by atoms with Crippen molar-refractivity contribution in [1.82, 2.24) is 14.9 Å². The maximum absolute atomic E-state index is 12.4. The highest BCUT2D eigenvalue weighted by molar-refractivity contribution is 7.98. The van der Waals surface area contributed by atoms with E-state index < -0.39 is 0 Å². The number of benzene rings is 3. The number of thioether (sulfide) groups is 1. The fraction of sp³-hybridized carbons (Fsp3) is 0.136. The highest BCUT2D eigenvalue weighted by Crippen LogP contribution is 2.22. The Bertz CT molecular complexity index is 1130. The standard InChI is InChI=1S/C22H20N4O2S/c1-16-23-24-22(29-15-17-7-3-2-4-8-17)26(16)25-21(27)14-28-20-12-11-18-9-5-6-10-19(18)13-20/h2-13H,14-15H2,1H3,(H,25,27). The van der Waals surface area contributed by atoms with E-state index in [1.807, 2.05) is 60.7 Å². The summed E-state index contributed by atoms with van der Waals surface area (Å²) in [5.41, 5.74) is 3.99. The molecule has 0 bridgehead atoms. The summed E-state index contributed by atoms with van der Waals surface area (Å²) in [5.74, 6) is 1.72. The zero-order chi connectivity index (χ0) is 20.1. The van der Waals surface area contributed by atoms with Crippen LogP contribution in [0.3, 0.4) is 0 Å². The van der Waals surface area contributed by atoms with Gasteiger partial charge in [0.15, 0.2) is 6.61 Å². The van der Waals surface area contributed by atoms with Crippen LogP contribution in [0, 0.1) is 6.92 Å². The Morgan fingerprint density at radius 2 is 1.76 bits per heavy atom. The summed E-state index contributed by atoms with van der Waals surface area (Å²) in [4.78, 5) is 12.4. The smallest absolute Gasteiger partial charge is 0.276 e. The predicted molar refractivity (Wildman–Crippen MR) is 115 cm³/mol. The van der Waals surface area contributed by atoms with Crippen molar-refractivity contribution in [1.29, 1.82) is 0 Å². The molecule has 146 valence electrons. The van der Waals surface area contributed by atoms with Crippen molar-refractivity contribution in [3.05, 3.63) is 84.2 Å². The van der Waals surface area contributed by atoms with Crippen LogP contribution in [0.4, 0.5) is 0 Å². The molecular formula is C22H20N4O2S. The van der Waals surface area contributed by atoms with Gasteiger partial charge in [0.2, 0.25) is 5.16 Å². The van der Waals surface area contributed by atoms with Crippen LogP contribution in [-0.2, 0) is 10.5 Å². The Labute approximate surface area is 172 Å². The van der Waals surface area contributed by atoms with Crippen molar-refractivity contribution < 1.29 is 9.53 Å². The lowest BCUT2D eigenvalue weighted by Crippen LogP contribution is -2.29. The highest BCUT2D eigenvalue weighted by atomic mass is 32.2. The molecule has 0 aliphatic rings. The Kier molecular flexibility index (Phi) is 5.76. The number of hydrogen-bond acceptors (Lipinski definition) is 5. The lowest BCUT2D eigenvalue weighted by atomic mass is 10.1. The van der Waals surface area contributed by atoms with Crippen molar-refractivity contribution in [3.63, 3.8) is 0 Å². The third-order valence-electron chi connectivity index (χ3n) is 4.33. The molecule has 4 aromatic rings. The molecule has 1 heterocycles. The number of aryl methyl sites for hydroxylation is 1. The van der Waals surface area contributed by atoms with E-state index in [0.29, 0.717) is 16.7 Å². The van der Waals surface area contributed by atoms with Crippen molar-refractivity contribution in [2.45, 2.75) is 17.8 Å². The minimum Gasteiger partial charge on any atom is -0.484 e. The van der Waals surface area contributed by atoms with Crippen LogP contribution in [0.2, 0.25) is 0 Å². The van der Waals surface area contributed by atoms with E-state index in [0.717, 1.165) is 16.5 Å². The summed E-state index contributed by atoms with van der Waals surface area (Å²) in [5, 5.41) is 11.1. The van der Waals surface area contributed by atoms with Crippen LogP contribution in [0.15, 0.2) is 78.0 Å². The van der Waals surface area contributed by atoms with Crippen LogP contribution in [0.25, 0.3) is 10.8 Å². The fourth-order valence-corrected chi connectivity index (χ4v) is 3.74. The van der Waals surface area contributed by atoms with Gasteiger partial charge in [-0.25, -0.2) is 4.68 Å². The molecule has 3 aromatic carbocycles. The largest absolute Gasteiger partial charge is 0.484 e. The second-order valence-corrected chi connectivity index (χ2v) is 7.41. The van der Waals surface area contributed by atoms with Gasteiger partial charge in [-0.1, -0.05) is 72.4 Å². The quantitative estimate of drug-likeness (QED) is 0.468. The van der Waals surface area contributed by atoms with Gasteiger partial charge < -0.3 is 4.74 Å². The molecule has 7 heteroatoms. The predicted octanol–water partition coefficient (Wildman–Crippen LogP) is 4.18. The first-order chi connectivity index (χ1) is 14.2. The molecule has 29 heavy (non-hydrogen) atoms. The van der Waals surface area contributed by atoms with E-state index >= 15 is 0 Å². The van der Waals surface area contributed by atoms with Crippen LogP contribution in [0.1, 0.15) is 11.4 Å². The minimum absolute atomic E-state index is 0.0985. The number of hydrogen-bond donors (Lipinski definition) is 1. The average molecular weight is 404 g/mol. The van der Waals surface area contributed by atoms with Gasteiger partial charge in [-0.05, 0) is 35.4 Å². The van der Waals surface area contributed by atoms with Gasteiger partial charge >= 0.3 is 0 Å². The number of nitrogens with one attached hydrogen (secondary N) is 1. The van der Waals surface area contributed by atoms with E-state index in [4.69, 9.17) is 4.74 Å². The van der Waals surface area contributed by atoms with E-state index in [9.17, 15) is 4.79 Å². The molecule has 0 spiro atoms. The van der Waals surface area contributed by atoms with Gasteiger partial charge in [-0.3, -0.25) is 10.2 Å². The van der Waals surface area contributed by atoms with Crippen molar-refractivity contribution in [3.8, 4) is 5.75 Å². The molecule has 0 atom stereocenters. The van der Waals surface area contributed by atoms with Crippen LogP contribution >= 0.6 is 11.8 Å². The molecule has 6 nitrogen and oxygen atoms in total. The minimum atomic E-state index is -0.275. The Morgan fingerprint density at radius 1 is 1.00 bits per heavy atom. The first-order valence-electron chi connectivity index (χ1n) is 9.19. The normalized spacial score (nSPS) is 10.8. The molecule has 0 fully saturated rings. The molecule has 0 unspecified atom stereocenters. The van der Waals surface area contributed by atoms with Gasteiger partial charge in [0.1, 0.15) is 11.6 Å². The Balaban J connectivity index is 1.37. The summed E-state index contributed by atoms with van der Waals surface area (Å²) in [6, 6.07) is 23.9. The van der Waals surface area contributed by atoms with E-state index in [1.165, 1.54) is 17.3 Å². The van der Waals surface area contributed by atoms with Gasteiger partial charge in [0.05, 0.1) is 0 Å². The zero-order valence-electron chi connectivity index (χ0n) is 15.9. The average Bonchev–Trinajstić information content (AvgIpc) is 3.10. The summed E-state index contributed by atoms with van der Waals surface area (Å²) in [7, 11) is 0. The number of fused-ring (bicyclic) bond motifs is 1. The van der Waals surface area contributed by atoms with Crippen molar-refractivity contribution >= 4 is 28.4 Å². The number of amides is 1. The molecule has 0 radical (unpaired) electrons. The third kappa shape index (κ3) is 4.75. The summed E-state index contributed by atoms with van der Waals surface area (Å²) >= 11 is 1.51. The molecule has 1 aromatic heterocycles. The fourth-order valence-electron chi connectivity index (χ4n) is 2.85. The molecule has 0 aliphatic heterocycles. The van der Waals surface area contributed by atoms with Gasteiger partial charge in [0.25, 0.3) is 5.91 Å². The molecule has 0 saturated heterocycles. The molecule has 1 amide bonds. The van der Waals surface area contributed by atoms with Gasteiger partial charge in [-0.2, -0.15) is 0 Å². The lowest BCUT2D eigenvalue weighted by molar-refractivity contribution is -0.119. The Morgan fingerprint density at radius 3 is 2.59 bits per heavy atom. The third-order valence-corrected chi connectivity index (χ3v) is 5.33. The summed E-state index contributed by atoms with van der Waals surface area (Å²) < 4.78 is 7.26. The maximum atomic E-state index is 12.4. The topological polar surface area (TPSA) is 69.0 Å². The SMILES string of the molecule is Cc1nnc(SCc2ccccc2)n1NC(=O)COc1ccc2ccccc2c1. The summed E-state index contributed by atoms with van der Waals surface area (Å²) in [6.07, 6.45) is 0. The Hall–Kier alpha value is -3.32. The van der Waals surface area contributed by atoms with Crippen molar-refractivity contribution in [2.24, 2.45) is 0 Å². The second-order valence-electron chi connectivity index (χ2n) is 6.47. The summed E-state index contributed by atoms with van der Waals surface area (Å²) in [6.45, 7) is 1.70. The maximum Gasteiger partial charge on any atom is 0.276 e. The monoisotopic (exact) mass is 404 g/mol. The lowest BCUT2D eigenvalue weighted by Gasteiger charge is -2.11. The van der Waals surface area contributed by atoms with E-state index in [1.54, 1.807) is 11.6 Å². The van der Waals surface area contributed by atoms with E-state index in [-0.39, 0.29) is 12.5 Å². The molecule has 1 N–H and O–H groups in total. The number of nitrogens with zero attached hydrogens (tertiary/aromatic N) is 3. The first-order valence-corrected chi connectivity index (χ1v) is 10.2. The number of carbonyl (C=O) groups excluding carboxylic acids is 1. The zero-order valence-corrected chi connectivity index (χ0v) is 16.7. The van der Waals surface area contributed by atoms with E-state index in [2.05, 4.69) is 27.8 Å². The van der Waals surface area contributed by atoms with Crippen LogP contribution in [0.5, 0.6) is 5.75 Å². The van der Waals surface area contributed by atoms with Crippen LogP contribution < -0.4 is 10.2 Å². The van der Waals surface area contributed by atoms with Gasteiger partial charge in [-0.15, -0.1) is 10.2 Å². The highest BCUT2D eigenvalue weighted by Gasteiger charge is 2.13. The number of rotatable bonds is 7. The molecule has 4 rings (SSSR count). The second kappa shape index (κ2) is 8.79.